The first-order valence-electron chi connectivity index (χ1n) is 13.6. The summed E-state index contributed by atoms with van der Waals surface area (Å²) in [6, 6.07) is 3.19. The molecule has 0 aliphatic rings. The molecule has 0 aliphatic heterocycles. The van der Waals surface area contributed by atoms with Crippen LogP contribution in [0.2, 0.25) is 0 Å². The number of carbonyl (C=O) groups is 4. The first-order chi connectivity index (χ1) is 18.8. The van der Waals surface area contributed by atoms with Gasteiger partial charge in [0.25, 0.3) is 0 Å². The largest absolute Gasteiger partial charge is 0.514 e. The number of nitrogens with two attached hydrogens (primary N) is 1. The SMILES string of the molecule is CCCC(C)OC(=O)O[C@@H](C)[C@H](C)OC(=O)[C@@H](N)Cc1ccc(OC(=O)OC(C)(C)C)c(OC(=O)OC(C)(C)C)c1. The summed E-state index contributed by atoms with van der Waals surface area (Å²) in [5, 5.41) is 0. The number of hydrogen-bond acceptors (Lipinski definition) is 12. The average Bonchev–Trinajstić information content (AvgIpc) is 2.78. The number of rotatable bonds is 11. The van der Waals surface area contributed by atoms with Crippen LogP contribution < -0.4 is 15.2 Å². The van der Waals surface area contributed by atoms with Crippen LogP contribution in [0, 0.1) is 0 Å². The molecule has 0 radical (unpaired) electrons. The maximum atomic E-state index is 12.7. The zero-order chi connectivity index (χ0) is 31.5. The van der Waals surface area contributed by atoms with Gasteiger partial charge in [0.2, 0.25) is 0 Å². The normalized spacial score (nSPS) is 14.5. The van der Waals surface area contributed by atoms with Crippen molar-refractivity contribution in [2.75, 3.05) is 0 Å². The van der Waals surface area contributed by atoms with Crippen molar-refractivity contribution in [1.29, 1.82) is 0 Å². The van der Waals surface area contributed by atoms with Crippen LogP contribution in [0.4, 0.5) is 14.4 Å². The zero-order valence-electron chi connectivity index (χ0n) is 25.7. The predicted octanol–water partition coefficient (Wildman–Crippen LogP) is 5.85. The minimum Gasteiger partial charge on any atom is -0.458 e. The van der Waals surface area contributed by atoms with Crippen molar-refractivity contribution < 1.29 is 52.3 Å². The fourth-order valence-electron chi connectivity index (χ4n) is 3.17. The van der Waals surface area contributed by atoms with Crippen LogP contribution in [-0.4, -0.2) is 60.0 Å². The molecule has 12 nitrogen and oxygen atoms in total. The number of hydrogen-bond donors (Lipinski definition) is 1. The standard InChI is InChI=1S/C29H45NO11/c1-11-12-17(2)35-25(32)37-19(4)18(3)36-24(31)21(30)15-20-13-14-22(38-26(33)40-28(5,6)7)23(16-20)39-27(34)41-29(8,9)10/h13-14,16-19,21H,11-12,15,30H2,1-10H3/t17?,18-,19-,21-/m0/s1. The number of carbonyl (C=O) groups excluding carboxylic acids is 4. The summed E-state index contributed by atoms with van der Waals surface area (Å²) in [6.07, 6.45) is -3.25. The van der Waals surface area contributed by atoms with Gasteiger partial charge in [-0.1, -0.05) is 19.4 Å². The number of esters is 1. The molecule has 4 atom stereocenters. The molecule has 12 heteroatoms. The lowest BCUT2D eigenvalue weighted by Gasteiger charge is -2.23. The molecule has 1 aromatic carbocycles. The quantitative estimate of drug-likeness (QED) is 0.188. The molecule has 0 amide bonds. The Bertz CT molecular complexity index is 1040. The van der Waals surface area contributed by atoms with Crippen LogP contribution >= 0.6 is 0 Å². The number of ether oxygens (including phenoxy) is 7. The molecular weight excluding hydrogens is 538 g/mol. The Kier molecular flexibility index (Phi) is 13.4. The summed E-state index contributed by atoms with van der Waals surface area (Å²) in [6.45, 7) is 16.9. The van der Waals surface area contributed by atoms with Crippen LogP contribution in [-0.2, 0) is 34.9 Å². The molecule has 1 unspecified atom stereocenters. The van der Waals surface area contributed by atoms with E-state index in [4.69, 9.17) is 38.9 Å². The van der Waals surface area contributed by atoms with E-state index in [-0.39, 0.29) is 24.0 Å². The van der Waals surface area contributed by atoms with Crippen LogP contribution in [0.15, 0.2) is 18.2 Å². The number of benzene rings is 1. The van der Waals surface area contributed by atoms with Crippen molar-refractivity contribution in [3.63, 3.8) is 0 Å². The van der Waals surface area contributed by atoms with Gasteiger partial charge in [0.1, 0.15) is 35.6 Å². The highest BCUT2D eigenvalue weighted by molar-refractivity contribution is 5.76. The molecule has 0 saturated carbocycles. The molecule has 0 heterocycles. The Morgan fingerprint density at radius 2 is 1.27 bits per heavy atom. The average molecular weight is 584 g/mol. The summed E-state index contributed by atoms with van der Waals surface area (Å²) in [5.74, 6) is -0.997. The van der Waals surface area contributed by atoms with Gasteiger partial charge in [0.15, 0.2) is 11.5 Å². The lowest BCUT2D eigenvalue weighted by molar-refractivity contribution is -0.155. The maximum Gasteiger partial charge on any atom is 0.514 e. The van der Waals surface area contributed by atoms with Gasteiger partial charge >= 0.3 is 24.4 Å². The van der Waals surface area contributed by atoms with E-state index in [0.717, 1.165) is 6.42 Å². The zero-order valence-corrected chi connectivity index (χ0v) is 25.7. The van der Waals surface area contributed by atoms with Gasteiger partial charge in [-0.2, -0.15) is 0 Å². The fourth-order valence-corrected chi connectivity index (χ4v) is 3.17. The van der Waals surface area contributed by atoms with Gasteiger partial charge in [0.05, 0.1) is 0 Å². The predicted molar refractivity (Wildman–Crippen MR) is 149 cm³/mol. The van der Waals surface area contributed by atoms with Gasteiger partial charge in [-0.3, -0.25) is 4.79 Å². The molecule has 0 aromatic heterocycles. The molecule has 0 spiro atoms. The third-order valence-electron chi connectivity index (χ3n) is 5.17. The van der Waals surface area contributed by atoms with Gasteiger partial charge in [-0.15, -0.1) is 0 Å². The van der Waals surface area contributed by atoms with Gasteiger partial charge < -0.3 is 38.9 Å². The second-order valence-corrected chi connectivity index (χ2v) is 11.7. The fraction of sp³-hybridized carbons (Fsp3) is 0.655. The van der Waals surface area contributed by atoms with Crippen LogP contribution in [0.1, 0.15) is 87.6 Å². The van der Waals surface area contributed by atoms with Crippen molar-refractivity contribution in [3.8, 4) is 11.5 Å². The highest BCUT2D eigenvalue weighted by Crippen LogP contribution is 2.31. The Labute approximate surface area is 242 Å². The molecular formula is C29H45NO11. The van der Waals surface area contributed by atoms with Gasteiger partial charge in [0, 0.05) is 0 Å². The van der Waals surface area contributed by atoms with Crippen LogP contribution in [0.25, 0.3) is 0 Å². The molecule has 1 aromatic rings. The summed E-state index contributed by atoms with van der Waals surface area (Å²) >= 11 is 0. The molecule has 41 heavy (non-hydrogen) atoms. The van der Waals surface area contributed by atoms with E-state index in [2.05, 4.69) is 0 Å². The first kappa shape index (κ1) is 35.5. The summed E-state index contributed by atoms with van der Waals surface area (Å²) in [7, 11) is 0. The topological polar surface area (TPSA) is 159 Å². The second-order valence-electron chi connectivity index (χ2n) is 11.7. The first-order valence-corrected chi connectivity index (χ1v) is 13.6. The molecule has 2 N–H and O–H groups in total. The smallest absolute Gasteiger partial charge is 0.458 e. The molecule has 0 saturated heterocycles. The van der Waals surface area contributed by atoms with E-state index in [9.17, 15) is 19.2 Å². The van der Waals surface area contributed by atoms with Crippen molar-refractivity contribution in [2.24, 2.45) is 5.73 Å². The van der Waals surface area contributed by atoms with Crippen molar-refractivity contribution in [3.05, 3.63) is 23.8 Å². The van der Waals surface area contributed by atoms with Crippen molar-refractivity contribution in [2.45, 2.75) is 124 Å². The Morgan fingerprint density at radius 3 is 1.78 bits per heavy atom. The summed E-state index contributed by atoms with van der Waals surface area (Å²) < 4.78 is 36.6. The van der Waals surface area contributed by atoms with Crippen LogP contribution in [0.5, 0.6) is 11.5 Å². The maximum absolute atomic E-state index is 12.7. The lowest BCUT2D eigenvalue weighted by atomic mass is 10.1. The van der Waals surface area contributed by atoms with Crippen molar-refractivity contribution in [1.82, 2.24) is 0 Å². The molecule has 1 rings (SSSR count). The third kappa shape index (κ3) is 14.6. The van der Waals surface area contributed by atoms with E-state index in [0.29, 0.717) is 12.0 Å². The Morgan fingerprint density at radius 1 is 0.756 bits per heavy atom. The molecule has 232 valence electrons. The molecule has 0 aliphatic carbocycles. The minimum absolute atomic E-state index is 0.0191. The monoisotopic (exact) mass is 583 g/mol. The lowest BCUT2D eigenvalue weighted by Crippen LogP contribution is -2.39. The van der Waals surface area contributed by atoms with Crippen molar-refractivity contribution >= 4 is 24.4 Å². The Balaban J connectivity index is 2.94. The van der Waals surface area contributed by atoms with E-state index in [1.54, 1.807) is 62.3 Å². The van der Waals surface area contributed by atoms with Crippen LogP contribution in [0.3, 0.4) is 0 Å². The molecule has 0 fully saturated rings. The highest BCUT2D eigenvalue weighted by Gasteiger charge is 2.27. The van der Waals surface area contributed by atoms with Gasteiger partial charge in [-0.25, -0.2) is 14.4 Å². The summed E-state index contributed by atoms with van der Waals surface area (Å²) in [4.78, 5) is 49.2. The van der Waals surface area contributed by atoms with E-state index >= 15 is 0 Å². The molecule has 0 bridgehead atoms. The van der Waals surface area contributed by atoms with E-state index in [1.165, 1.54) is 18.2 Å². The van der Waals surface area contributed by atoms with E-state index in [1.807, 2.05) is 6.92 Å². The summed E-state index contributed by atoms with van der Waals surface area (Å²) in [5.41, 5.74) is 4.89. The Hall–Kier alpha value is -3.54. The van der Waals surface area contributed by atoms with E-state index < -0.39 is 53.9 Å². The third-order valence-corrected chi connectivity index (χ3v) is 5.17. The second kappa shape index (κ2) is 15.5. The minimum atomic E-state index is -1.12. The highest BCUT2D eigenvalue weighted by atomic mass is 16.8. The van der Waals surface area contributed by atoms with Gasteiger partial charge in [-0.05, 0) is 92.9 Å².